The Morgan fingerprint density at radius 1 is 0.893 bits per heavy atom. The van der Waals surface area contributed by atoms with Gasteiger partial charge in [-0.15, -0.1) is 10.2 Å². The monoisotopic (exact) mass is 383 g/mol. The maximum atomic E-state index is 5.41. The molecule has 8 nitrogen and oxygen atoms in total. The second-order valence-electron chi connectivity index (χ2n) is 7.96. The third-order valence-corrected chi connectivity index (χ3v) is 6.24. The first-order valence-electron chi connectivity index (χ1n) is 10.5. The molecule has 0 N–H and O–H groups in total. The molecule has 0 radical (unpaired) electrons. The SMILES string of the molecule is Cn1nc2c(c1CN1CCN(c3ccc(N4CCOCC4)nn3)CC1)CCC2. The summed E-state index contributed by atoms with van der Waals surface area (Å²) in [5, 5.41) is 13.7. The van der Waals surface area contributed by atoms with E-state index in [-0.39, 0.29) is 0 Å². The summed E-state index contributed by atoms with van der Waals surface area (Å²) in [4.78, 5) is 7.13. The molecule has 0 atom stereocenters. The van der Waals surface area contributed by atoms with Gasteiger partial charge in [0.2, 0.25) is 0 Å². The Morgan fingerprint density at radius 2 is 1.57 bits per heavy atom. The smallest absolute Gasteiger partial charge is 0.151 e. The maximum absolute atomic E-state index is 5.41. The van der Waals surface area contributed by atoms with Crippen LogP contribution in [-0.2, 0) is 31.2 Å². The summed E-state index contributed by atoms with van der Waals surface area (Å²) in [6, 6.07) is 4.21. The summed E-state index contributed by atoms with van der Waals surface area (Å²) in [6.07, 6.45) is 3.61. The van der Waals surface area contributed by atoms with Gasteiger partial charge in [-0.1, -0.05) is 0 Å². The highest BCUT2D eigenvalue weighted by molar-refractivity contribution is 5.45. The molecule has 8 heteroatoms. The van der Waals surface area contributed by atoms with Gasteiger partial charge < -0.3 is 14.5 Å². The zero-order valence-electron chi connectivity index (χ0n) is 16.7. The van der Waals surface area contributed by atoms with Crippen molar-refractivity contribution in [3.63, 3.8) is 0 Å². The van der Waals surface area contributed by atoms with Gasteiger partial charge in [-0.05, 0) is 37.0 Å². The molecule has 5 rings (SSSR count). The first kappa shape index (κ1) is 17.9. The summed E-state index contributed by atoms with van der Waals surface area (Å²) in [6.45, 7) is 8.41. The minimum atomic E-state index is 0.769. The first-order valence-corrected chi connectivity index (χ1v) is 10.5. The molecule has 4 heterocycles. The van der Waals surface area contributed by atoms with E-state index in [0.29, 0.717) is 0 Å². The number of hydrogen-bond donors (Lipinski definition) is 0. The van der Waals surface area contributed by atoms with E-state index in [0.717, 1.165) is 77.1 Å². The molecule has 28 heavy (non-hydrogen) atoms. The van der Waals surface area contributed by atoms with Crippen molar-refractivity contribution in [3.05, 3.63) is 29.1 Å². The van der Waals surface area contributed by atoms with E-state index in [4.69, 9.17) is 9.84 Å². The van der Waals surface area contributed by atoms with Crippen LogP contribution in [0.4, 0.5) is 11.6 Å². The summed E-state index contributed by atoms with van der Waals surface area (Å²) < 4.78 is 7.51. The van der Waals surface area contributed by atoms with Crippen LogP contribution in [-0.4, -0.2) is 77.4 Å². The molecule has 1 aliphatic carbocycles. The summed E-state index contributed by atoms with van der Waals surface area (Å²) in [7, 11) is 2.09. The van der Waals surface area contributed by atoms with E-state index in [1.54, 1.807) is 0 Å². The molecule has 2 aromatic heterocycles. The van der Waals surface area contributed by atoms with E-state index >= 15 is 0 Å². The van der Waals surface area contributed by atoms with Gasteiger partial charge in [0.25, 0.3) is 0 Å². The lowest BCUT2D eigenvalue weighted by molar-refractivity contribution is 0.122. The molecule has 0 unspecified atom stereocenters. The van der Waals surface area contributed by atoms with Gasteiger partial charge in [0.1, 0.15) is 0 Å². The summed E-state index contributed by atoms with van der Waals surface area (Å²) in [5.74, 6) is 1.94. The largest absolute Gasteiger partial charge is 0.378 e. The van der Waals surface area contributed by atoms with Crippen LogP contribution in [0.15, 0.2) is 12.1 Å². The summed E-state index contributed by atoms with van der Waals surface area (Å²) in [5.41, 5.74) is 4.25. The number of nitrogens with zero attached hydrogens (tertiary/aromatic N) is 7. The fraction of sp³-hybridized carbons (Fsp3) is 0.650. The van der Waals surface area contributed by atoms with Crippen LogP contribution in [0.5, 0.6) is 0 Å². The molecule has 0 saturated carbocycles. The Hall–Kier alpha value is -2.19. The van der Waals surface area contributed by atoms with E-state index in [1.165, 1.54) is 29.8 Å². The van der Waals surface area contributed by atoms with Crippen molar-refractivity contribution in [1.29, 1.82) is 0 Å². The number of hydrogen-bond acceptors (Lipinski definition) is 7. The fourth-order valence-electron chi connectivity index (χ4n) is 4.58. The van der Waals surface area contributed by atoms with Crippen molar-refractivity contribution in [2.45, 2.75) is 25.8 Å². The zero-order valence-corrected chi connectivity index (χ0v) is 16.7. The highest BCUT2D eigenvalue weighted by atomic mass is 16.5. The van der Waals surface area contributed by atoms with E-state index in [2.05, 4.69) is 48.8 Å². The van der Waals surface area contributed by atoms with Gasteiger partial charge >= 0.3 is 0 Å². The number of morpholine rings is 1. The molecule has 150 valence electrons. The van der Waals surface area contributed by atoms with Crippen LogP contribution >= 0.6 is 0 Å². The molecule has 2 saturated heterocycles. The Labute approximate surface area is 166 Å². The molecule has 3 aliphatic rings. The zero-order chi connectivity index (χ0) is 18.9. The van der Waals surface area contributed by atoms with Crippen LogP contribution in [0.1, 0.15) is 23.4 Å². The average Bonchev–Trinajstić information content (AvgIpc) is 3.31. The van der Waals surface area contributed by atoms with Crippen LogP contribution in [0.25, 0.3) is 0 Å². The number of anilines is 2. The second kappa shape index (κ2) is 7.67. The lowest BCUT2D eigenvalue weighted by Gasteiger charge is -2.35. The van der Waals surface area contributed by atoms with Crippen LogP contribution in [0, 0.1) is 0 Å². The molecule has 0 bridgehead atoms. The Kier molecular flexibility index (Phi) is 4.90. The molecule has 0 spiro atoms. The minimum absolute atomic E-state index is 0.769. The standard InChI is InChI=1S/C20H29N7O/c1-24-18(16-3-2-4-17(16)23-24)15-25-7-9-26(10-8-25)19-5-6-20(22-21-19)27-11-13-28-14-12-27/h5-6H,2-4,7-15H2,1H3. The predicted molar refractivity (Wildman–Crippen MR) is 108 cm³/mol. The van der Waals surface area contributed by atoms with E-state index < -0.39 is 0 Å². The summed E-state index contributed by atoms with van der Waals surface area (Å²) >= 11 is 0. The highest BCUT2D eigenvalue weighted by Crippen LogP contribution is 2.26. The van der Waals surface area contributed by atoms with Crippen molar-refractivity contribution in [3.8, 4) is 0 Å². The molecule has 0 amide bonds. The van der Waals surface area contributed by atoms with Crippen LogP contribution in [0.2, 0.25) is 0 Å². The van der Waals surface area contributed by atoms with Gasteiger partial charge in [-0.3, -0.25) is 9.58 Å². The lowest BCUT2D eigenvalue weighted by atomic mass is 10.2. The average molecular weight is 384 g/mol. The number of aromatic nitrogens is 4. The third-order valence-electron chi connectivity index (χ3n) is 6.24. The minimum Gasteiger partial charge on any atom is -0.378 e. The van der Waals surface area contributed by atoms with Gasteiger partial charge in [0.05, 0.1) is 24.6 Å². The highest BCUT2D eigenvalue weighted by Gasteiger charge is 2.25. The molecule has 0 aromatic carbocycles. The Balaban J connectivity index is 1.18. The van der Waals surface area contributed by atoms with Gasteiger partial charge in [-0.2, -0.15) is 5.10 Å². The van der Waals surface area contributed by atoms with Crippen LogP contribution in [0.3, 0.4) is 0 Å². The Morgan fingerprint density at radius 3 is 2.25 bits per heavy atom. The topological polar surface area (TPSA) is 62.6 Å². The molecule has 2 aliphatic heterocycles. The van der Waals surface area contributed by atoms with Crippen molar-refractivity contribution in [2.75, 3.05) is 62.3 Å². The molecule has 2 aromatic rings. The van der Waals surface area contributed by atoms with Crippen molar-refractivity contribution >= 4 is 11.6 Å². The lowest BCUT2D eigenvalue weighted by Crippen LogP contribution is -2.46. The number of ether oxygens (including phenoxy) is 1. The third kappa shape index (κ3) is 3.46. The first-order chi connectivity index (χ1) is 13.8. The fourth-order valence-corrected chi connectivity index (χ4v) is 4.58. The van der Waals surface area contributed by atoms with Gasteiger partial charge in [0, 0.05) is 52.9 Å². The van der Waals surface area contributed by atoms with Gasteiger partial charge in [-0.25, -0.2) is 0 Å². The molecule has 2 fully saturated rings. The molecular formula is C20H29N7O. The Bertz CT molecular complexity index is 805. The second-order valence-corrected chi connectivity index (χ2v) is 7.96. The van der Waals surface area contributed by atoms with Crippen LogP contribution < -0.4 is 9.80 Å². The van der Waals surface area contributed by atoms with Crippen molar-refractivity contribution in [2.24, 2.45) is 7.05 Å². The van der Waals surface area contributed by atoms with Crippen molar-refractivity contribution in [1.82, 2.24) is 24.9 Å². The quantitative estimate of drug-likeness (QED) is 0.776. The van der Waals surface area contributed by atoms with Gasteiger partial charge in [0.15, 0.2) is 11.6 Å². The van der Waals surface area contributed by atoms with E-state index in [9.17, 15) is 0 Å². The molecular weight excluding hydrogens is 354 g/mol. The number of piperazine rings is 1. The predicted octanol–water partition coefficient (Wildman–Crippen LogP) is 0.858. The normalized spacial score (nSPS) is 20.6. The number of rotatable bonds is 4. The number of aryl methyl sites for hydroxylation is 2. The number of fused-ring (bicyclic) bond motifs is 1. The van der Waals surface area contributed by atoms with E-state index in [1.807, 2.05) is 0 Å². The maximum Gasteiger partial charge on any atom is 0.151 e. The van der Waals surface area contributed by atoms with Crippen molar-refractivity contribution < 1.29 is 4.74 Å².